The summed E-state index contributed by atoms with van der Waals surface area (Å²) >= 11 is 21.6. The van der Waals surface area contributed by atoms with Crippen LogP contribution in [0.2, 0.25) is 15.7 Å². The minimum atomic E-state index is -0.111. The highest BCUT2D eigenvalue weighted by atomic mass is 35.5. The van der Waals surface area contributed by atoms with E-state index in [-0.39, 0.29) is 29.9 Å². The Labute approximate surface area is 456 Å². The first-order chi connectivity index (χ1) is 35.0. The molecule has 0 aliphatic rings. The Bertz CT molecular complexity index is 3030. The molecule has 376 valence electrons. The van der Waals surface area contributed by atoms with Crippen molar-refractivity contribution in [1.82, 2.24) is 29.9 Å². The second-order valence-corrected chi connectivity index (χ2v) is 19.1. The molecule has 3 heterocycles. The molecule has 0 fully saturated rings. The van der Waals surface area contributed by atoms with E-state index in [1.54, 1.807) is 70.8 Å². The molecule has 11 nitrogen and oxygen atoms in total. The molecule has 0 aliphatic carbocycles. The predicted molar refractivity (Wildman–Crippen MR) is 311 cm³/mol. The Hall–Kier alpha value is -6.23. The number of benzene rings is 6. The number of hydrogen-bond acceptors (Lipinski definition) is 13. The van der Waals surface area contributed by atoms with Crippen LogP contribution in [-0.2, 0) is 19.6 Å². The van der Waals surface area contributed by atoms with E-state index in [4.69, 9.17) is 45.5 Å². The zero-order valence-corrected chi connectivity index (χ0v) is 44.7. The van der Waals surface area contributed by atoms with Gasteiger partial charge in [-0.2, -0.15) is 4.98 Å². The summed E-state index contributed by atoms with van der Waals surface area (Å²) in [7, 11) is 0. The highest BCUT2D eigenvalue weighted by Crippen LogP contribution is 2.25. The molecular weight excluding hydrogens is 1030 g/mol. The smallest absolute Gasteiger partial charge is 0.259 e. The van der Waals surface area contributed by atoms with Gasteiger partial charge in [-0.25, -0.2) is 24.9 Å². The molecule has 73 heavy (non-hydrogen) atoms. The van der Waals surface area contributed by atoms with Gasteiger partial charge in [0, 0.05) is 51.9 Å². The quantitative estimate of drug-likeness (QED) is 0.0539. The van der Waals surface area contributed by atoms with Crippen molar-refractivity contribution in [3.8, 4) is 0 Å². The molecular formula is C56H57Cl3N10OS3. The molecule has 6 aromatic carbocycles. The highest BCUT2D eigenvalue weighted by Gasteiger charge is 2.21. The van der Waals surface area contributed by atoms with Crippen molar-refractivity contribution in [2.75, 3.05) is 34.3 Å². The zero-order chi connectivity index (χ0) is 51.1. The van der Waals surface area contributed by atoms with Crippen molar-refractivity contribution in [1.29, 1.82) is 0 Å². The molecule has 0 bridgehead atoms. The summed E-state index contributed by atoms with van der Waals surface area (Å²) in [5.74, 6) is 1.65. The Morgan fingerprint density at radius 3 is 1.71 bits per heavy atom. The molecule has 0 saturated heterocycles. The Balaban J connectivity index is 0.000000224. The van der Waals surface area contributed by atoms with Crippen LogP contribution in [0.5, 0.6) is 0 Å². The lowest BCUT2D eigenvalue weighted by atomic mass is 10.1. The van der Waals surface area contributed by atoms with Crippen molar-refractivity contribution in [2.24, 2.45) is 5.73 Å². The molecule has 0 unspecified atom stereocenters. The number of anilines is 3. The largest absolute Gasteiger partial charge is 0.366 e. The molecule has 0 spiro atoms. The van der Waals surface area contributed by atoms with Crippen LogP contribution in [0.1, 0.15) is 53.0 Å². The summed E-state index contributed by atoms with van der Waals surface area (Å²) in [6.45, 7) is 3.82. The molecule has 1 amide bonds. The lowest BCUT2D eigenvalue weighted by molar-refractivity contribution is 0.0984. The lowest BCUT2D eigenvalue weighted by Crippen LogP contribution is -2.31. The first-order valence-electron chi connectivity index (χ1n) is 22.4. The summed E-state index contributed by atoms with van der Waals surface area (Å²) in [5.41, 5.74) is 10.6. The number of rotatable bonds is 14. The number of halogens is 3. The number of nitrogens with two attached hydrogens (primary N) is 1. The summed E-state index contributed by atoms with van der Waals surface area (Å²) in [6.07, 6.45) is 11.0. The van der Waals surface area contributed by atoms with E-state index in [1.165, 1.54) is 32.0 Å². The number of carbonyl (C=O) groups excluding carboxylic acids is 1. The minimum absolute atomic E-state index is 0. The van der Waals surface area contributed by atoms with E-state index in [0.717, 1.165) is 34.3 Å². The van der Waals surface area contributed by atoms with Crippen LogP contribution in [0.15, 0.2) is 197 Å². The van der Waals surface area contributed by atoms with Crippen molar-refractivity contribution >= 4 is 104 Å². The van der Waals surface area contributed by atoms with Gasteiger partial charge in [0.05, 0.1) is 12.6 Å². The van der Waals surface area contributed by atoms with E-state index in [9.17, 15) is 4.79 Å². The number of aromatic nitrogens is 6. The normalized spacial score (nSPS) is 10.7. The van der Waals surface area contributed by atoms with Crippen LogP contribution in [0, 0.1) is 0 Å². The van der Waals surface area contributed by atoms with Gasteiger partial charge in [0.25, 0.3) is 5.91 Å². The minimum Gasteiger partial charge on any atom is -0.366 e. The molecule has 0 radical (unpaired) electrons. The number of fused-ring (bicyclic) bond motifs is 1. The number of hydrogen-bond donors (Lipinski definition) is 3. The van der Waals surface area contributed by atoms with Gasteiger partial charge in [-0.1, -0.05) is 116 Å². The molecule has 0 saturated carbocycles. The predicted octanol–water partition coefficient (Wildman–Crippen LogP) is 15.1. The lowest BCUT2D eigenvalue weighted by Gasteiger charge is -2.23. The fourth-order valence-electron chi connectivity index (χ4n) is 6.68. The van der Waals surface area contributed by atoms with E-state index in [1.807, 2.05) is 60.7 Å². The third-order valence-electron chi connectivity index (χ3n) is 10.5. The van der Waals surface area contributed by atoms with E-state index in [0.29, 0.717) is 35.6 Å². The third kappa shape index (κ3) is 19.0. The van der Waals surface area contributed by atoms with E-state index in [2.05, 4.69) is 146 Å². The van der Waals surface area contributed by atoms with Crippen LogP contribution in [0.25, 0.3) is 10.8 Å². The summed E-state index contributed by atoms with van der Waals surface area (Å²) in [6, 6.07) is 54.2. The number of thioether (sulfide) groups is 3. The average molecular weight is 1090 g/mol. The van der Waals surface area contributed by atoms with Gasteiger partial charge in [-0.05, 0) is 149 Å². The SMILES string of the molecule is C.CSc1ccc(CN(C(=O)c2ccc3ccccc3c2)c2ccnc(N[C@@H](C)c3ccccc3)n2)cc1.CSc1ccc(CN)cc1.CSc1ccc(CNc2ccnc(Cl)n2)cc1.Clc1ccnc(Cl)n1. The van der Waals surface area contributed by atoms with Crippen LogP contribution in [0.3, 0.4) is 0 Å². The van der Waals surface area contributed by atoms with Gasteiger partial charge in [-0.15, -0.1) is 35.3 Å². The van der Waals surface area contributed by atoms with E-state index >= 15 is 0 Å². The second-order valence-electron chi connectivity index (χ2n) is 15.4. The summed E-state index contributed by atoms with van der Waals surface area (Å²) < 4.78 is 0. The summed E-state index contributed by atoms with van der Waals surface area (Å²) in [4.78, 5) is 43.6. The van der Waals surface area contributed by atoms with Gasteiger partial charge in [0.1, 0.15) is 16.8 Å². The molecule has 17 heteroatoms. The average Bonchev–Trinajstić information content (AvgIpc) is 3.42. The van der Waals surface area contributed by atoms with Gasteiger partial charge in [-0.3, -0.25) is 9.69 Å². The maximum absolute atomic E-state index is 13.9. The van der Waals surface area contributed by atoms with Crippen molar-refractivity contribution < 1.29 is 4.79 Å². The number of nitrogens with zero attached hydrogens (tertiary/aromatic N) is 7. The first-order valence-corrected chi connectivity index (χ1v) is 27.3. The van der Waals surface area contributed by atoms with E-state index < -0.39 is 0 Å². The molecule has 3 aromatic heterocycles. The van der Waals surface area contributed by atoms with Crippen LogP contribution in [0.4, 0.5) is 17.6 Å². The molecule has 9 rings (SSSR count). The fourth-order valence-corrected chi connectivity index (χ4v) is 8.38. The molecule has 9 aromatic rings. The van der Waals surface area contributed by atoms with Gasteiger partial charge in [0.15, 0.2) is 0 Å². The number of amides is 1. The zero-order valence-electron chi connectivity index (χ0n) is 40.0. The van der Waals surface area contributed by atoms with Crippen LogP contribution >= 0.6 is 70.1 Å². The fraction of sp³-hybridized carbons (Fsp3) is 0.161. The Morgan fingerprint density at radius 1 is 0.603 bits per heavy atom. The van der Waals surface area contributed by atoms with Gasteiger partial charge < -0.3 is 16.4 Å². The van der Waals surface area contributed by atoms with Gasteiger partial charge in [0.2, 0.25) is 16.5 Å². The second kappa shape index (κ2) is 30.7. The Kier molecular flexibility index (Phi) is 24.3. The van der Waals surface area contributed by atoms with Crippen LogP contribution < -0.4 is 21.3 Å². The number of nitrogens with one attached hydrogen (secondary N) is 2. The third-order valence-corrected chi connectivity index (χ3v) is 13.4. The maximum atomic E-state index is 13.9. The highest BCUT2D eigenvalue weighted by molar-refractivity contribution is 7.99. The first kappa shape index (κ1) is 57.7. The Morgan fingerprint density at radius 2 is 1.15 bits per heavy atom. The molecule has 4 N–H and O–H groups in total. The summed E-state index contributed by atoms with van der Waals surface area (Å²) in [5, 5.41) is 9.50. The topological polar surface area (TPSA) is 148 Å². The van der Waals surface area contributed by atoms with Crippen molar-refractivity contribution in [3.63, 3.8) is 0 Å². The standard InChI is InChI=1S/C31H28N4OS.C12H12ClN3S.C8H11NS.C4H2Cl2N2.CH4/c1-22(24-8-4-3-5-9-24)33-31-32-19-18-29(34-31)35(21-23-12-16-28(37-2)17-13-23)30(36)27-15-14-25-10-6-7-11-26(25)20-27;1-17-10-4-2-9(3-5-10)8-15-11-6-7-14-12(13)16-11;1-10-8-4-2-7(6-9)3-5-8;5-3-1-2-7-4(6)8-3;/h3-20,22H,21H2,1-2H3,(H,32,33,34);2-7H,8H2,1H3,(H,14,15,16);2-5H,6,9H2,1H3;1-2H;1H4/t22-;;;;/m0..../s1. The van der Waals surface area contributed by atoms with Crippen molar-refractivity contribution in [2.45, 2.75) is 54.7 Å². The molecule has 0 aliphatic heterocycles. The monoisotopic (exact) mass is 1090 g/mol. The van der Waals surface area contributed by atoms with Crippen molar-refractivity contribution in [3.05, 3.63) is 226 Å². The van der Waals surface area contributed by atoms with Gasteiger partial charge >= 0.3 is 0 Å². The molecule has 1 atom stereocenters. The maximum Gasteiger partial charge on any atom is 0.259 e. The number of carbonyl (C=O) groups is 1. The van der Waals surface area contributed by atoms with Crippen LogP contribution in [-0.4, -0.2) is 54.6 Å².